The van der Waals surface area contributed by atoms with Crippen LogP contribution < -0.4 is 0 Å². The van der Waals surface area contributed by atoms with Crippen LogP contribution in [0.2, 0.25) is 0 Å². The Labute approximate surface area is 581 Å². The molecule has 0 aromatic rings. The van der Waals surface area contributed by atoms with Crippen LogP contribution in [0.25, 0.3) is 0 Å². The summed E-state index contributed by atoms with van der Waals surface area (Å²) in [4.78, 5) is 72.8. The Hall–Kier alpha value is -1.94. The fourth-order valence-corrected chi connectivity index (χ4v) is 13.2. The van der Waals surface area contributed by atoms with Crippen LogP contribution in [0.3, 0.4) is 0 Å². The van der Waals surface area contributed by atoms with Gasteiger partial charge < -0.3 is 33.8 Å². The van der Waals surface area contributed by atoms with Crippen molar-refractivity contribution in [2.24, 2.45) is 17.8 Å². The Bertz CT molecular complexity index is 1850. The summed E-state index contributed by atoms with van der Waals surface area (Å²) in [5.41, 5.74) is 0. The summed E-state index contributed by atoms with van der Waals surface area (Å²) in [6.07, 6.45) is 52.8. The Morgan fingerprint density at radius 3 is 0.716 bits per heavy atom. The van der Waals surface area contributed by atoms with Gasteiger partial charge in [-0.15, -0.1) is 0 Å². The normalized spacial score (nSPS) is 14.1. The van der Waals surface area contributed by atoms with E-state index in [9.17, 15) is 43.2 Å². The van der Waals surface area contributed by atoms with Crippen LogP contribution in [-0.2, 0) is 65.4 Å². The van der Waals surface area contributed by atoms with E-state index in [1.807, 2.05) is 0 Å². The highest BCUT2D eigenvalue weighted by Gasteiger charge is 2.30. The predicted molar refractivity (Wildman–Crippen MR) is 386 cm³/mol. The molecule has 5 atom stereocenters. The van der Waals surface area contributed by atoms with Gasteiger partial charge in [0.05, 0.1) is 26.4 Å². The third-order valence-corrected chi connectivity index (χ3v) is 19.5. The van der Waals surface area contributed by atoms with Crippen molar-refractivity contribution in [2.75, 3.05) is 39.6 Å². The van der Waals surface area contributed by atoms with E-state index in [2.05, 4.69) is 48.5 Å². The molecule has 95 heavy (non-hydrogen) atoms. The average molecular weight is 1400 g/mol. The Morgan fingerprint density at radius 1 is 0.284 bits per heavy atom. The maximum absolute atomic E-state index is 13.1. The number of carbonyl (C=O) groups is 4. The highest BCUT2D eigenvalue weighted by Crippen LogP contribution is 2.45. The number of phosphoric acid groups is 2. The molecule has 0 aliphatic heterocycles. The average Bonchev–Trinajstić information content (AvgIpc) is 1.42. The number of hydrogen-bond acceptors (Lipinski definition) is 15. The molecule has 3 N–H and O–H groups in total. The Morgan fingerprint density at radius 2 is 0.484 bits per heavy atom. The molecule has 0 aliphatic carbocycles. The van der Waals surface area contributed by atoms with Gasteiger partial charge in [0.25, 0.3) is 0 Å². The predicted octanol–water partition coefficient (Wildman–Crippen LogP) is 22.2. The van der Waals surface area contributed by atoms with Gasteiger partial charge in [0.2, 0.25) is 0 Å². The van der Waals surface area contributed by atoms with Gasteiger partial charge in [-0.1, -0.05) is 337 Å². The molecule has 564 valence electrons. The maximum atomic E-state index is 13.1. The number of aliphatic hydroxyl groups is 1. The molecular weight excluding hydrogens is 1250 g/mol. The minimum absolute atomic E-state index is 0.104. The monoisotopic (exact) mass is 1400 g/mol. The van der Waals surface area contributed by atoms with Gasteiger partial charge in [0.15, 0.2) is 12.2 Å². The van der Waals surface area contributed by atoms with E-state index < -0.39 is 97.5 Å². The lowest BCUT2D eigenvalue weighted by Gasteiger charge is -2.21. The molecule has 0 spiro atoms. The molecule has 0 bridgehead atoms. The van der Waals surface area contributed by atoms with E-state index in [1.165, 1.54) is 193 Å². The fraction of sp³-hybridized carbons (Fsp3) is 0.947. The number of hydrogen-bond donors (Lipinski definition) is 3. The van der Waals surface area contributed by atoms with Crippen LogP contribution in [0.4, 0.5) is 0 Å². The minimum Gasteiger partial charge on any atom is -0.462 e. The Kier molecular flexibility index (Phi) is 65.2. The second-order valence-corrected chi connectivity index (χ2v) is 31.7. The molecule has 0 amide bonds. The van der Waals surface area contributed by atoms with E-state index in [0.29, 0.717) is 31.6 Å². The largest absolute Gasteiger partial charge is 0.472 e. The maximum Gasteiger partial charge on any atom is 0.472 e. The summed E-state index contributed by atoms with van der Waals surface area (Å²) >= 11 is 0. The Balaban J connectivity index is 5.24. The summed E-state index contributed by atoms with van der Waals surface area (Å²) in [5.74, 6) is 0.118. The quantitative estimate of drug-likeness (QED) is 0.0222. The van der Waals surface area contributed by atoms with Crippen LogP contribution in [0.1, 0.15) is 389 Å². The van der Waals surface area contributed by atoms with E-state index in [4.69, 9.17) is 37.0 Å². The lowest BCUT2D eigenvalue weighted by atomic mass is 10.0. The van der Waals surface area contributed by atoms with Crippen LogP contribution in [0, 0.1) is 17.8 Å². The van der Waals surface area contributed by atoms with Crippen molar-refractivity contribution in [2.45, 2.75) is 407 Å². The van der Waals surface area contributed by atoms with Crippen LogP contribution in [0.15, 0.2) is 0 Å². The zero-order valence-electron chi connectivity index (χ0n) is 62.1. The van der Waals surface area contributed by atoms with Gasteiger partial charge in [-0.25, -0.2) is 9.13 Å². The molecule has 0 heterocycles. The number of aliphatic hydroxyl groups excluding tert-OH is 1. The van der Waals surface area contributed by atoms with Gasteiger partial charge >= 0.3 is 39.5 Å². The third kappa shape index (κ3) is 70.3. The molecule has 17 nitrogen and oxygen atoms in total. The van der Waals surface area contributed by atoms with E-state index in [0.717, 1.165) is 108 Å². The highest BCUT2D eigenvalue weighted by molar-refractivity contribution is 7.47. The molecule has 0 rings (SSSR count). The molecule has 19 heteroatoms. The summed E-state index contributed by atoms with van der Waals surface area (Å²) in [6, 6.07) is 0. The van der Waals surface area contributed by atoms with Crippen molar-refractivity contribution in [3.05, 3.63) is 0 Å². The number of phosphoric ester groups is 2. The van der Waals surface area contributed by atoms with Crippen molar-refractivity contribution in [3.63, 3.8) is 0 Å². The molecule has 0 aromatic heterocycles. The highest BCUT2D eigenvalue weighted by atomic mass is 31.2. The van der Waals surface area contributed by atoms with Gasteiger partial charge in [0, 0.05) is 25.7 Å². The number of unbranched alkanes of at least 4 members (excludes halogenated alkanes) is 42. The smallest absolute Gasteiger partial charge is 0.462 e. The zero-order valence-corrected chi connectivity index (χ0v) is 63.9. The summed E-state index contributed by atoms with van der Waals surface area (Å²) in [6.45, 7) is 11.8. The molecule has 0 saturated heterocycles. The standard InChI is InChI=1S/C76H148O17P2/c1-8-9-10-11-12-13-14-15-16-17-21-24-29-36-43-50-57-73(78)86-63-71(92-75(80)59-52-45-37-30-25-22-19-18-20-23-27-33-40-47-54-67(2)3)65-90-94(82,83)88-61-70(77)62-89-95(84,85)91-66-72(64-87-74(79)58-51-44-39-32-35-42-49-56-69(6)7)93-76(81)60-53-46-38-31-26-28-34-41-48-55-68(4)5/h67-72,77H,8-66H2,1-7H3,(H,82,83)(H,84,85)/t70-,71-,72-/m1/s1. The van der Waals surface area contributed by atoms with E-state index in [1.54, 1.807) is 0 Å². The second kappa shape index (κ2) is 66.6. The molecule has 0 fully saturated rings. The van der Waals surface area contributed by atoms with Crippen molar-refractivity contribution < 1.29 is 80.2 Å². The number of rotatable bonds is 74. The minimum atomic E-state index is -4.96. The number of carbonyl (C=O) groups excluding carboxylic acids is 4. The SMILES string of the molecule is CCCCCCCCCCCCCCCCCCC(=O)OC[C@H](COP(=O)(O)OC[C@@H](O)COP(=O)(O)OC[C@@H](COC(=O)CCCCCCCCCC(C)C)OC(=O)CCCCCCCCCCCC(C)C)OC(=O)CCCCCCCCCCCCCCCCC(C)C. The van der Waals surface area contributed by atoms with Crippen molar-refractivity contribution in [1.82, 2.24) is 0 Å². The number of ether oxygens (including phenoxy) is 4. The fourth-order valence-electron chi connectivity index (χ4n) is 11.6. The summed E-state index contributed by atoms with van der Waals surface area (Å²) < 4.78 is 68.5. The van der Waals surface area contributed by atoms with Crippen LogP contribution in [-0.4, -0.2) is 96.7 Å². The van der Waals surface area contributed by atoms with Gasteiger partial charge in [0.1, 0.15) is 19.3 Å². The lowest BCUT2D eigenvalue weighted by Crippen LogP contribution is -2.30. The summed E-state index contributed by atoms with van der Waals surface area (Å²) in [7, 11) is -9.91. The first kappa shape index (κ1) is 93.1. The lowest BCUT2D eigenvalue weighted by molar-refractivity contribution is -0.161. The first-order valence-electron chi connectivity index (χ1n) is 39.3. The van der Waals surface area contributed by atoms with Crippen molar-refractivity contribution in [1.29, 1.82) is 0 Å². The van der Waals surface area contributed by atoms with E-state index in [-0.39, 0.29) is 25.7 Å². The van der Waals surface area contributed by atoms with Crippen molar-refractivity contribution >= 4 is 39.5 Å². The van der Waals surface area contributed by atoms with Gasteiger partial charge in [-0.3, -0.25) is 37.3 Å². The third-order valence-electron chi connectivity index (χ3n) is 17.6. The first-order chi connectivity index (χ1) is 45.7. The molecule has 2 unspecified atom stereocenters. The molecule has 0 radical (unpaired) electrons. The molecular formula is C76H148O17P2. The van der Waals surface area contributed by atoms with Crippen LogP contribution >= 0.6 is 15.6 Å². The molecule has 0 aliphatic rings. The van der Waals surface area contributed by atoms with Crippen LogP contribution in [0.5, 0.6) is 0 Å². The van der Waals surface area contributed by atoms with Crippen molar-refractivity contribution in [3.8, 4) is 0 Å². The first-order valence-corrected chi connectivity index (χ1v) is 42.3. The molecule has 0 aromatic carbocycles. The molecule has 0 saturated carbocycles. The topological polar surface area (TPSA) is 237 Å². The zero-order chi connectivity index (χ0) is 70.1. The van der Waals surface area contributed by atoms with Gasteiger partial charge in [-0.05, 0) is 43.4 Å². The summed E-state index contributed by atoms with van der Waals surface area (Å²) in [5, 5.41) is 10.6. The number of esters is 4. The second-order valence-electron chi connectivity index (χ2n) is 28.8. The van der Waals surface area contributed by atoms with E-state index >= 15 is 0 Å². The van der Waals surface area contributed by atoms with Gasteiger partial charge in [-0.2, -0.15) is 0 Å².